The summed E-state index contributed by atoms with van der Waals surface area (Å²) in [6.07, 6.45) is 1.31. The molecule has 1 heterocycles. The minimum Gasteiger partial charge on any atom is -0.482 e. The average Bonchev–Trinajstić information content (AvgIpc) is 2.88. The van der Waals surface area contributed by atoms with Crippen molar-refractivity contribution < 1.29 is 23.9 Å². The molecule has 194 valence electrons. The quantitative estimate of drug-likeness (QED) is 0.177. The van der Waals surface area contributed by atoms with E-state index in [1.807, 2.05) is 38.1 Å². The van der Waals surface area contributed by atoms with E-state index in [-0.39, 0.29) is 23.4 Å². The van der Waals surface area contributed by atoms with Crippen LogP contribution in [0.1, 0.15) is 30.5 Å². The molecule has 7 nitrogen and oxygen atoms in total. The van der Waals surface area contributed by atoms with Crippen LogP contribution in [0.25, 0.3) is 6.08 Å². The second-order valence-corrected chi connectivity index (χ2v) is 9.49. The SMILES string of the molecule is Cc1ccc(N2C(=O)/C(=C\c3ccc(OCC(=O)OC(C)C)cc3)C(=O)N(c3ccccc3)C2=S)cc1C. The van der Waals surface area contributed by atoms with Gasteiger partial charge in [0.1, 0.15) is 11.3 Å². The van der Waals surface area contributed by atoms with E-state index in [9.17, 15) is 14.4 Å². The second-order valence-electron chi connectivity index (χ2n) is 9.12. The van der Waals surface area contributed by atoms with Crippen molar-refractivity contribution in [2.45, 2.75) is 33.8 Å². The fraction of sp³-hybridized carbons (Fsp3) is 0.200. The van der Waals surface area contributed by atoms with Crippen molar-refractivity contribution >= 4 is 52.6 Å². The molecule has 0 N–H and O–H groups in total. The Hall–Kier alpha value is -4.30. The molecule has 0 aromatic heterocycles. The Morgan fingerprint density at radius 1 is 0.868 bits per heavy atom. The third-order valence-electron chi connectivity index (χ3n) is 5.93. The number of hydrogen-bond acceptors (Lipinski definition) is 6. The van der Waals surface area contributed by atoms with Gasteiger partial charge in [-0.1, -0.05) is 36.4 Å². The van der Waals surface area contributed by atoms with Gasteiger partial charge in [-0.2, -0.15) is 0 Å². The van der Waals surface area contributed by atoms with Gasteiger partial charge < -0.3 is 9.47 Å². The first kappa shape index (κ1) is 26.8. The molecule has 8 heteroatoms. The summed E-state index contributed by atoms with van der Waals surface area (Å²) in [5, 5.41) is 0.0867. The van der Waals surface area contributed by atoms with Crippen LogP contribution in [0.15, 0.2) is 78.4 Å². The van der Waals surface area contributed by atoms with Crippen LogP contribution < -0.4 is 14.5 Å². The number of hydrogen-bond donors (Lipinski definition) is 0. The van der Waals surface area contributed by atoms with E-state index in [0.29, 0.717) is 22.7 Å². The molecule has 0 radical (unpaired) electrons. The average molecular weight is 529 g/mol. The number of thiocarbonyl (C=S) groups is 1. The molecule has 0 unspecified atom stereocenters. The standard InChI is InChI=1S/C30H28N2O5S/c1-19(2)37-27(33)18-36-25-14-11-22(12-15-25)17-26-28(34)31(23-8-6-5-7-9-23)30(38)32(29(26)35)24-13-10-20(3)21(4)16-24/h5-17,19H,18H2,1-4H3/b26-17-. The predicted molar refractivity (Wildman–Crippen MR) is 151 cm³/mol. The lowest BCUT2D eigenvalue weighted by Crippen LogP contribution is -2.57. The van der Waals surface area contributed by atoms with Crippen molar-refractivity contribution in [2.24, 2.45) is 0 Å². The minimum atomic E-state index is -0.511. The molecule has 4 rings (SSSR count). The highest BCUT2D eigenvalue weighted by atomic mass is 32.1. The van der Waals surface area contributed by atoms with Crippen LogP contribution in [0.5, 0.6) is 5.75 Å². The number of nitrogens with zero attached hydrogens (tertiary/aromatic N) is 2. The van der Waals surface area contributed by atoms with Crippen LogP contribution in [0.2, 0.25) is 0 Å². The number of rotatable bonds is 7. The Labute approximate surface area is 227 Å². The van der Waals surface area contributed by atoms with Crippen molar-refractivity contribution in [3.05, 3.63) is 95.1 Å². The summed E-state index contributed by atoms with van der Waals surface area (Å²) < 4.78 is 10.5. The third-order valence-corrected chi connectivity index (χ3v) is 6.29. The summed E-state index contributed by atoms with van der Waals surface area (Å²) in [7, 11) is 0. The number of ether oxygens (including phenoxy) is 2. The maximum absolute atomic E-state index is 13.7. The summed E-state index contributed by atoms with van der Waals surface area (Å²) in [5.74, 6) is -1.03. The van der Waals surface area contributed by atoms with Gasteiger partial charge in [-0.05, 0) is 99.1 Å². The lowest BCUT2D eigenvalue weighted by atomic mass is 10.0. The van der Waals surface area contributed by atoms with E-state index in [4.69, 9.17) is 21.7 Å². The smallest absolute Gasteiger partial charge is 0.344 e. The van der Waals surface area contributed by atoms with E-state index in [2.05, 4.69) is 0 Å². The molecule has 0 atom stereocenters. The number of aryl methyl sites for hydroxylation is 2. The Kier molecular flexibility index (Phi) is 8.02. The van der Waals surface area contributed by atoms with Crippen LogP contribution in [-0.4, -0.2) is 35.6 Å². The van der Waals surface area contributed by atoms with Crippen molar-refractivity contribution in [1.82, 2.24) is 0 Å². The molecule has 3 aromatic rings. The Balaban J connectivity index is 1.67. The molecule has 1 aliphatic rings. The first-order valence-electron chi connectivity index (χ1n) is 12.1. The zero-order valence-electron chi connectivity index (χ0n) is 21.6. The molecule has 38 heavy (non-hydrogen) atoms. The fourth-order valence-corrected chi connectivity index (χ4v) is 4.27. The molecule has 0 aliphatic carbocycles. The summed E-state index contributed by atoms with van der Waals surface area (Å²) in [4.78, 5) is 41.8. The van der Waals surface area contributed by atoms with Gasteiger partial charge >= 0.3 is 5.97 Å². The second kappa shape index (κ2) is 11.4. The van der Waals surface area contributed by atoms with Gasteiger partial charge in [0, 0.05) is 0 Å². The fourth-order valence-electron chi connectivity index (χ4n) is 3.89. The van der Waals surface area contributed by atoms with E-state index in [0.717, 1.165) is 11.1 Å². The number of carbonyl (C=O) groups excluding carboxylic acids is 3. The number of benzene rings is 3. The summed E-state index contributed by atoms with van der Waals surface area (Å²) in [6.45, 7) is 7.26. The lowest BCUT2D eigenvalue weighted by Gasteiger charge is -2.36. The van der Waals surface area contributed by atoms with Crippen molar-refractivity contribution in [3.8, 4) is 5.75 Å². The molecular formula is C30H28N2O5S. The van der Waals surface area contributed by atoms with Gasteiger partial charge in [-0.25, -0.2) is 4.79 Å². The third kappa shape index (κ3) is 5.81. The molecule has 1 saturated heterocycles. The molecule has 0 spiro atoms. The van der Waals surface area contributed by atoms with Crippen LogP contribution in [-0.2, 0) is 19.1 Å². The molecule has 1 fully saturated rings. The summed E-state index contributed by atoms with van der Waals surface area (Å²) in [5.41, 5.74) is 3.80. The van der Waals surface area contributed by atoms with E-state index < -0.39 is 17.8 Å². The first-order chi connectivity index (χ1) is 18.2. The van der Waals surface area contributed by atoms with Crippen molar-refractivity contribution in [1.29, 1.82) is 0 Å². The number of carbonyl (C=O) groups is 3. The van der Waals surface area contributed by atoms with Gasteiger partial charge in [0.05, 0.1) is 17.5 Å². The monoisotopic (exact) mass is 528 g/mol. The zero-order valence-corrected chi connectivity index (χ0v) is 22.5. The first-order valence-corrected chi connectivity index (χ1v) is 12.6. The zero-order chi connectivity index (χ0) is 27.4. The van der Waals surface area contributed by atoms with Gasteiger partial charge in [0.15, 0.2) is 11.7 Å². The number of anilines is 2. The number of para-hydroxylation sites is 1. The molecule has 0 bridgehead atoms. The molecule has 0 saturated carbocycles. The summed E-state index contributed by atoms with van der Waals surface area (Å²) in [6, 6.07) is 21.3. The molecule has 1 aliphatic heterocycles. The highest BCUT2D eigenvalue weighted by Crippen LogP contribution is 2.31. The topological polar surface area (TPSA) is 76.1 Å². The Morgan fingerprint density at radius 2 is 1.50 bits per heavy atom. The maximum atomic E-state index is 13.7. The predicted octanol–water partition coefficient (Wildman–Crippen LogP) is 5.38. The van der Waals surface area contributed by atoms with Gasteiger partial charge in [0.2, 0.25) is 0 Å². The van der Waals surface area contributed by atoms with E-state index in [1.54, 1.807) is 62.4 Å². The van der Waals surface area contributed by atoms with Crippen molar-refractivity contribution in [3.63, 3.8) is 0 Å². The lowest BCUT2D eigenvalue weighted by molar-refractivity contribution is -0.149. The molecule has 2 amide bonds. The Bertz CT molecular complexity index is 1410. The van der Waals surface area contributed by atoms with E-state index >= 15 is 0 Å². The largest absolute Gasteiger partial charge is 0.482 e. The van der Waals surface area contributed by atoms with Gasteiger partial charge in [-0.3, -0.25) is 19.4 Å². The molecule has 3 aromatic carbocycles. The Morgan fingerprint density at radius 3 is 2.11 bits per heavy atom. The van der Waals surface area contributed by atoms with E-state index in [1.165, 1.54) is 15.9 Å². The minimum absolute atomic E-state index is 0.0325. The highest BCUT2D eigenvalue weighted by Gasteiger charge is 2.41. The van der Waals surface area contributed by atoms with Crippen LogP contribution >= 0.6 is 12.2 Å². The van der Waals surface area contributed by atoms with Crippen LogP contribution in [0.3, 0.4) is 0 Å². The highest BCUT2D eigenvalue weighted by molar-refractivity contribution is 7.81. The number of amides is 2. The van der Waals surface area contributed by atoms with Crippen molar-refractivity contribution in [2.75, 3.05) is 16.4 Å². The van der Waals surface area contributed by atoms with Gasteiger partial charge in [-0.15, -0.1) is 0 Å². The summed E-state index contributed by atoms with van der Waals surface area (Å²) >= 11 is 5.68. The maximum Gasteiger partial charge on any atom is 0.344 e. The normalized spacial score (nSPS) is 14.9. The van der Waals surface area contributed by atoms with Crippen LogP contribution in [0, 0.1) is 13.8 Å². The van der Waals surface area contributed by atoms with Crippen LogP contribution in [0.4, 0.5) is 11.4 Å². The number of esters is 1. The van der Waals surface area contributed by atoms with Gasteiger partial charge in [0.25, 0.3) is 11.8 Å². The molecular weight excluding hydrogens is 500 g/mol.